The van der Waals surface area contributed by atoms with Gasteiger partial charge in [-0.1, -0.05) is 12.8 Å². The van der Waals surface area contributed by atoms with E-state index < -0.39 is 276 Å². The predicted octanol–water partition coefficient (Wildman–Crippen LogP) is -7.24. The van der Waals surface area contributed by atoms with Crippen molar-refractivity contribution in [3.05, 3.63) is 0 Å². The first-order valence-corrected chi connectivity index (χ1v) is 32.0. The zero-order valence-corrected chi connectivity index (χ0v) is 53.7. The number of carboxylic acids is 2. The molecule has 1 saturated carbocycles. The Morgan fingerprint density at radius 1 is 0.212 bits per heavy atom. The molecule has 21 saturated heterocycles. The number of carboxylic acid groups (broad SMARTS) is 2. The van der Waals surface area contributed by atoms with E-state index in [9.17, 15) is 0 Å². The third-order valence-electron chi connectivity index (χ3n) is 24.0. The van der Waals surface area contributed by atoms with Gasteiger partial charge in [0.15, 0.2) is 86.3 Å². The zero-order valence-electron chi connectivity index (χ0n) is 51.4. The maximum atomic E-state index is 15.3. The fourth-order valence-electron chi connectivity index (χ4n) is 19.9. The van der Waals surface area contributed by atoms with Crippen molar-refractivity contribution in [2.75, 3.05) is 93.4 Å². The van der Waals surface area contributed by atoms with Crippen LogP contribution in [0.1, 0.15) is 25.7 Å². The van der Waals surface area contributed by atoms with Gasteiger partial charge < -0.3 is 21.7 Å². The van der Waals surface area contributed by atoms with Crippen molar-refractivity contribution in [2.45, 2.75) is 124 Å². The second-order valence-corrected chi connectivity index (χ2v) is 28.1. The number of amides is 28. The van der Waals surface area contributed by atoms with Crippen molar-refractivity contribution in [3.8, 4) is 0 Å². The molecule has 21 heterocycles. The molecule has 6 N–H and O–H groups in total. The van der Waals surface area contributed by atoms with Crippen molar-refractivity contribution >= 4 is 96.4 Å². The molecule has 524 valence electrons. The molecule has 0 spiro atoms. The van der Waals surface area contributed by atoms with Crippen LogP contribution in [0.15, 0.2) is 0 Å². The van der Waals surface area contributed by atoms with E-state index >= 15 is 67.1 Å². The van der Waals surface area contributed by atoms with Crippen molar-refractivity contribution < 1.29 is 108 Å². The van der Waals surface area contributed by atoms with Crippen LogP contribution >= 0.6 is 0 Å². The molecular weight excluding hydrogens is 1500 g/mol. The standard InChI is InChI=1S/C42H42N28O14.C6H14N2.C2H2O4.Pt/c71-29-43-1-44-16-18-48(30(44)72)4-52-20-22-56(34(52)76)8-60-24-26-64(38(60)80)12-68-28-27-67(41(68)83)11-63-25-23-59(37(63)79)7-55-21-19-51(33(55)75)3-47(29)17-15(43)45-2-46(16)32(74)50(18)6-54(20)36(78)58(22)10-62(24)40(82)66(26)14-70(28)42(84)69(27)13-65(25)39(81)61(23)9-57(21)35(77)53(19)5-49(17)31(45)73;7-5-3-1-2-4-6(5)8;3-1(4)2(5)6;/h15-28H,1-14H2;5-6H,1-4,7-8H2;(H,3,4)(H,5,6);/q;;;+2/t;5-,6-;;/m.1../s1. The van der Waals surface area contributed by atoms with Crippen LogP contribution in [0.5, 0.6) is 0 Å². The first-order valence-electron chi connectivity index (χ1n) is 32.0. The molecular formula is C50H58N30O18Pt+2. The molecule has 0 aromatic rings. The molecule has 28 amide bonds. The molecule has 1 aliphatic carbocycles. The minimum atomic E-state index is -1.82. The van der Waals surface area contributed by atoms with Crippen molar-refractivity contribution in [2.24, 2.45) is 11.5 Å². The Morgan fingerprint density at radius 2 is 0.293 bits per heavy atom. The normalized spacial score (nSPS) is 37.9. The molecule has 48 nitrogen and oxygen atoms in total. The van der Waals surface area contributed by atoms with E-state index in [4.69, 9.17) is 31.3 Å². The minimum absolute atomic E-state index is 0. The van der Waals surface area contributed by atoms with Crippen LogP contribution < -0.4 is 11.5 Å². The molecule has 22 aliphatic rings. The molecule has 22 fully saturated rings. The maximum absolute atomic E-state index is 15.3. The van der Waals surface area contributed by atoms with Crippen LogP contribution in [0.2, 0.25) is 0 Å². The number of hydrogen-bond acceptors (Lipinski definition) is 18. The van der Waals surface area contributed by atoms with Crippen LogP contribution in [0.3, 0.4) is 0 Å². The predicted molar refractivity (Wildman–Crippen MR) is 298 cm³/mol. The number of urea groups is 14. The smallest absolute Gasteiger partial charge is 0.473 e. The third-order valence-corrected chi connectivity index (χ3v) is 24.0. The van der Waals surface area contributed by atoms with E-state index in [-0.39, 0.29) is 33.1 Å². The summed E-state index contributed by atoms with van der Waals surface area (Å²) in [6, 6.07) is -9.38. The maximum Gasteiger partial charge on any atom is 2.00 e. The zero-order chi connectivity index (χ0) is 67.4. The summed E-state index contributed by atoms with van der Waals surface area (Å²) in [4.78, 5) is 269. The second kappa shape index (κ2) is 18.5. The first kappa shape index (κ1) is 58.5. The van der Waals surface area contributed by atoms with E-state index in [2.05, 4.69) is 0 Å². The van der Waals surface area contributed by atoms with Gasteiger partial charge in [-0.3, -0.25) is 137 Å². The van der Waals surface area contributed by atoms with Gasteiger partial charge >= 0.3 is 117 Å². The summed E-state index contributed by atoms with van der Waals surface area (Å²) in [6.07, 6.45) is -12.4. The quantitative estimate of drug-likeness (QED) is 0.164. The summed E-state index contributed by atoms with van der Waals surface area (Å²) in [7, 11) is 0. The molecule has 2 atom stereocenters. The number of nitrogens with two attached hydrogens (primary N) is 2. The van der Waals surface area contributed by atoms with Crippen LogP contribution in [0, 0.1) is 0 Å². The van der Waals surface area contributed by atoms with Gasteiger partial charge in [-0.15, -0.1) is 0 Å². The van der Waals surface area contributed by atoms with Crippen LogP contribution in [0.4, 0.5) is 67.1 Å². The van der Waals surface area contributed by atoms with Crippen LogP contribution in [0.25, 0.3) is 0 Å². The van der Waals surface area contributed by atoms with Gasteiger partial charge in [0, 0.05) is 12.1 Å². The Labute approximate surface area is 568 Å². The largest absolute Gasteiger partial charge is 2.00 e. The summed E-state index contributed by atoms with van der Waals surface area (Å²) in [5, 5.41) is 14.8. The fraction of sp³-hybridized carbons (Fsp3) is 0.680. The Morgan fingerprint density at radius 3 is 0.354 bits per heavy atom. The van der Waals surface area contributed by atoms with E-state index in [1.54, 1.807) is 0 Å². The third kappa shape index (κ3) is 6.52. The molecule has 0 radical (unpaired) electrons. The summed E-state index contributed by atoms with van der Waals surface area (Å²) in [5.74, 6) is -3.65. The number of aliphatic carboxylic acids is 2. The molecule has 0 aromatic carbocycles. The number of nitrogens with zero attached hydrogens (tertiary/aromatic N) is 28. The summed E-state index contributed by atoms with van der Waals surface area (Å²) in [5.41, 5.74) is 11.3. The van der Waals surface area contributed by atoms with Gasteiger partial charge in [-0.05, 0) is 12.8 Å². The van der Waals surface area contributed by atoms with Gasteiger partial charge in [0.1, 0.15) is 93.4 Å². The average molecular weight is 1560 g/mol. The molecule has 0 bridgehead atoms. The molecule has 22 rings (SSSR count). The molecule has 21 aliphatic heterocycles. The summed E-state index contributed by atoms with van der Waals surface area (Å²) < 4.78 is 0. The Balaban J connectivity index is 0.000000401. The number of carbonyl (C=O) groups is 16. The van der Waals surface area contributed by atoms with Gasteiger partial charge in [0.2, 0.25) is 0 Å². The van der Waals surface area contributed by atoms with E-state index in [0.717, 1.165) is 12.8 Å². The summed E-state index contributed by atoms with van der Waals surface area (Å²) >= 11 is 0. The van der Waals surface area contributed by atoms with Crippen LogP contribution in [-0.2, 0) is 30.7 Å². The first-order chi connectivity index (χ1) is 47.0. The molecule has 0 aromatic heterocycles. The van der Waals surface area contributed by atoms with E-state index in [0.29, 0.717) is 0 Å². The Bertz CT molecular complexity index is 2950. The number of carbonyl (C=O) groups excluding carboxylic acids is 14. The Kier molecular flexibility index (Phi) is 11.0. The fourth-order valence-corrected chi connectivity index (χ4v) is 19.9. The topological polar surface area (TPSA) is 456 Å². The number of rotatable bonds is 0. The molecule has 99 heavy (non-hydrogen) atoms. The van der Waals surface area contributed by atoms with Gasteiger partial charge in [0.05, 0.1) is 0 Å². The average Bonchev–Trinajstić information content (AvgIpc) is 1.52. The number of hydrogen-bond donors (Lipinski definition) is 4. The Hall–Kier alpha value is -10.7. The van der Waals surface area contributed by atoms with Gasteiger partial charge in [-0.2, -0.15) is 0 Å². The summed E-state index contributed by atoms with van der Waals surface area (Å²) in [6.45, 7) is -7.10. The molecule has 0 unspecified atom stereocenters. The molecule has 49 heteroatoms. The van der Waals surface area contributed by atoms with Crippen molar-refractivity contribution in [1.29, 1.82) is 0 Å². The van der Waals surface area contributed by atoms with Gasteiger partial charge in [-0.25, -0.2) is 76.7 Å². The van der Waals surface area contributed by atoms with E-state index in [1.165, 1.54) is 150 Å². The van der Waals surface area contributed by atoms with Crippen molar-refractivity contribution in [3.63, 3.8) is 0 Å². The monoisotopic (exact) mass is 1560 g/mol. The van der Waals surface area contributed by atoms with E-state index in [1.807, 2.05) is 0 Å². The minimum Gasteiger partial charge on any atom is -0.473 e. The SMILES string of the molecule is N[C@@H]1CCCC[C@H]1N.O=C(O)C(=O)O.O=C1N2CN3C(=O)N4CN5C(=O)N6CN7C(=O)N8CN9C(=O)N%10CN%11C(=O)N%12CN%13C(=O)N%14CN1C1C2N2CN%15C(=O)N(CN%16C(=O)N(CN%17C(=O)N(CN%18C(=O)N(CN%19C(=O)N(CN%20C(=O)N(CN1C2=O)C%14C%13%20)C%12C%11%19)C%10C9%18)C8C7%17)C6C5%16)C4C3%15.[Pt+2]. The van der Waals surface area contributed by atoms with Gasteiger partial charge in [0.25, 0.3) is 0 Å². The second-order valence-electron chi connectivity index (χ2n) is 28.1. The van der Waals surface area contributed by atoms with Crippen molar-refractivity contribution in [1.82, 2.24) is 137 Å². The van der Waals surface area contributed by atoms with Crippen LogP contribution in [-0.4, -0.2) is 436 Å².